The number of hydrogen-bond acceptors (Lipinski definition) is 5. The Morgan fingerprint density at radius 1 is 1.82 bits per heavy atom. The Morgan fingerprint density at radius 3 is 3.64 bits per heavy atom. The van der Waals surface area contributed by atoms with Gasteiger partial charge >= 0.3 is 0 Å². The van der Waals surface area contributed by atoms with Gasteiger partial charge in [0.1, 0.15) is 12.4 Å². The third-order valence-electron chi connectivity index (χ3n) is 1.43. The molecule has 0 aromatic rings. The lowest BCUT2D eigenvalue weighted by molar-refractivity contribution is -0.110. The van der Waals surface area contributed by atoms with Crippen LogP contribution in [0.2, 0.25) is 0 Å². The predicted octanol–water partition coefficient (Wildman–Crippen LogP) is -0.475. The van der Waals surface area contributed by atoms with E-state index in [1.165, 1.54) is 11.8 Å². The summed E-state index contributed by atoms with van der Waals surface area (Å²) in [5.74, 6) is 0. The van der Waals surface area contributed by atoms with E-state index in [4.69, 9.17) is 0 Å². The largest absolute Gasteiger partial charge is 0.287 e. The van der Waals surface area contributed by atoms with Crippen molar-refractivity contribution in [1.29, 1.82) is 0 Å². The molecule has 11 heavy (non-hydrogen) atoms. The number of carbonyl (C=O) groups is 1. The van der Waals surface area contributed by atoms with Crippen LogP contribution in [0.3, 0.4) is 0 Å². The van der Waals surface area contributed by atoms with Gasteiger partial charge in [-0.15, -0.1) is 0 Å². The van der Waals surface area contributed by atoms with Gasteiger partial charge in [-0.1, -0.05) is 11.8 Å². The van der Waals surface area contributed by atoms with Gasteiger partial charge in [-0.2, -0.15) is 5.10 Å². The molecule has 1 radical (unpaired) electrons. The zero-order chi connectivity index (χ0) is 7.68. The molecular weight excluding hydrogens is 162 g/mol. The van der Waals surface area contributed by atoms with Crippen LogP contribution in [0, 0.1) is 0 Å². The molecule has 57 valence electrons. The second-order valence-electron chi connectivity index (χ2n) is 2.20. The van der Waals surface area contributed by atoms with E-state index in [2.05, 4.69) is 22.1 Å². The van der Waals surface area contributed by atoms with Gasteiger partial charge in [0.2, 0.25) is 5.12 Å². The number of fused-ring (bicyclic) bond motifs is 1. The van der Waals surface area contributed by atoms with Crippen molar-refractivity contribution in [3.8, 4) is 0 Å². The quantitative estimate of drug-likeness (QED) is 0.513. The van der Waals surface area contributed by atoms with Crippen molar-refractivity contribution >= 4 is 23.1 Å². The summed E-state index contributed by atoms with van der Waals surface area (Å²) in [5, 5.41) is 6.85. The maximum Gasteiger partial charge on any atom is 0.207 e. The van der Waals surface area contributed by atoms with Gasteiger partial charge in [0, 0.05) is 4.91 Å². The highest BCUT2D eigenvalue weighted by molar-refractivity contribution is 8.17. The number of nitrogens with zero attached hydrogens (tertiary/aromatic N) is 1. The smallest absolute Gasteiger partial charge is 0.207 e. The minimum Gasteiger partial charge on any atom is -0.287 e. The molecule has 0 aliphatic carbocycles. The Labute approximate surface area is 68.1 Å². The average Bonchev–Trinajstić information content (AvgIpc) is 2.04. The molecular formula is C6H6N3OS. The average molecular weight is 168 g/mol. The van der Waals surface area contributed by atoms with Gasteiger partial charge in [-0.05, 0) is 6.08 Å². The fraction of sp³-hybridized carbons (Fsp3) is 0.333. The molecule has 1 fully saturated rings. The Hall–Kier alpha value is -0.810. The van der Waals surface area contributed by atoms with Gasteiger partial charge in [-0.3, -0.25) is 15.5 Å². The number of allylic oxidation sites excluding steroid dienone is 1. The molecule has 0 amide bonds. The van der Waals surface area contributed by atoms with E-state index in [0.717, 1.165) is 4.91 Å². The SMILES string of the molecule is O=C1CNC2NN=[C]C=C2S1. The molecule has 4 nitrogen and oxygen atoms in total. The Bertz CT molecular complexity index is 248. The molecule has 0 spiro atoms. The van der Waals surface area contributed by atoms with E-state index < -0.39 is 0 Å². The molecule has 2 aliphatic rings. The summed E-state index contributed by atoms with van der Waals surface area (Å²) < 4.78 is 0. The predicted molar refractivity (Wildman–Crippen MR) is 43.0 cm³/mol. The third-order valence-corrected chi connectivity index (χ3v) is 2.39. The van der Waals surface area contributed by atoms with Crippen LogP contribution in [-0.2, 0) is 4.79 Å². The second-order valence-corrected chi connectivity index (χ2v) is 3.34. The highest BCUT2D eigenvalue weighted by Gasteiger charge is 2.24. The molecule has 1 saturated heterocycles. The van der Waals surface area contributed by atoms with Crippen molar-refractivity contribution < 1.29 is 4.79 Å². The lowest BCUT2D eigenvalue weighted by atomic mass is 10.4. The van der Waals surface area contributed by atoms with Crippen LogP contribution in [0.4, 0.5) is 0 Å². The summed E-state index contributed by atoms with van der Waals surface area (Å²) in [5.41, 5.74) is 2.80. The Balaban J connectivity index is 2.18. The third kappa shape index (κ3) is 1.29. The molecule has 0 saturated carbocycles. The van der Waals surface area contributed by atoms with Crippen molar-refractivity contribution in [2.75, 3.05) is 6.54 Å². The first-order valence-corrected chi connectivity index (χ1v) is 4.03. The lowest BCUT2D eigenvalue weighted by Crippen LogP contribution is -2.47. The summed E-state index contributed by atoms with van der Waals surface area (Å²) in [6.45, 7) is 0.398. The molecule has 2 heterocycles. The zero-order valence-corrected chi connectivity index (χ0v) is 6.44. The topological polar surface area (TPSA) is 53.5 Å². The normalized spacial score (nSPS) is 28.9. The zero-order valence-electron chi connectivity index (χ0n) is 5.63. The fourth-order valence-electron chi connectivity index (χ4n) is 0.932. The fourth-order valence-corrected chi connectivity index (χ4v) is 1.72. The second kappa shape index (κ2) is 2.67. The highest BCUT2D eigenvalue weighted by Crippen LogP contribution is 2.23. The molecule has 1 atom stereocenters. The van der Waals surface area contributed by atoms with Crippen LogP contribution in [0.15, 0.2) is 16.1 Å². The van der Waals surface area contributed by atoms with Crippen LogP contribution in [0.5, 0.6) is 0 Å². The number of hydrogen-bond donors (Lipinski definition) is 2. The first-order valence-electron chi connectivity index (χ1n) is 3.21. The molecule has 2 N–H and O–H groups in total. The number of rotatable bonds is 0. The summed E-state index contributed by atoms with van der Waals surface area (Å²) in [6.07, 6.45) is 4.37. The van der Waals surface area contributed by atoms with Gasteiger partial charge in [0.25, 0.3) is 0 Å². The maximum absolute atomic E-state index is 10.9. The van der Waals surface area contributed by atoms with E-state index >= 15 is 0 Å². The van der Waals surface area contributed by atoms with Crippen molar-refractivity contribution in [2.24, 2.45) is 5.10 Å². The number of carbonyl (C=O) groups excluding carboxylic acids is 1. The van der Waals surface area contributed by atoms with Gasteiger partial charge in [0.05, 0.1) is 6.54 Å². The van der Waals surface area contributed by atoms with E-state index in [1.807, 2.05) is 0 Å². The molecule has 0 bridgehead atoms. The summed E-state index contributed by atoms with van der Waals surface area (Å²) in [7, 11) is 0. The monoisotopic (exact) mass is 168 g/mol. The first kappa shape index (κ1) is 6.87. The standard InChI is InChI=1S/C6H6N3OS/c10-5-3-7-6-4(11-5)1-2-8-9-6/h1,6-7,9H,3H2. The van der Waals surface area contributed by atoms with Crippen molar-refractivity contribution in [3.05, 3.63) is 11.0 Å². The van der Waals surface area contributed by atoms with Crippen LogP contribution >= 0.6 is 11.8 Å². The van der Waals surface area contributed by atoms with Crippen LogP contribution in [-0.4, -0.2) is 24.0 Å². The highest BCUT2D eigenvalue weighted by atomic mass is 32.2. The van der Waals surface area contributed by atoms with Crippen molar-refractivity contribution in [1.82, 2.24) is 10.7 Å². The van der Waals surface area contributed by atoms with Crippen LogP contribution < -0.4 is 10.7 Å². The van der Waals surface area contributed by atoms with Crippen LogP contribution in [0.1, 0.15) is 0 Å². The number of nitrogens with one attached hydrogen (secondary N) is 2. The van der Waals surface area contributed by atoms with E-state index in [9.17, 15) is 4.79 Å². The van der Waals surface area contributed by atoms with Crippen molar-refractivity contribution in [3.63, 3.8) is 0 Å². The molecule has 0 aromatic heterocycles. The molecule has 2 rings (SSSR count). The molecule has 2 aliphatic heterocycles. The number of thioether (sulfide) groups is 1. The lowest BCUT2D eigenvalue weighted by Gasteiger charge is -2.25. The molecule has 5 heteroatoms. The summed E-state index contributed by atoms with van der Waals surface area (Å²) in [6, 6.07) is 0. The summed E-state index contributed by atoms with van der Waals surface area (Å²) in [4.78, 5) is 11.8. The molecule has 1 unspecified atom stereocenters. The van der Waals surface area contributed by atoms with E-state index in [1.54, 1.807) is 6.08 Å². The van der Waals surface area contributed by atoms with Crippen LogP contribution in [0.25, 0.3) is 0 Å². The summed E-state index contributed by atoms with van der Waals surface area (Å²) >= 11 is 1.25. The maximum atomic E-state index is 10.9. The number of hydrazone groups is 1. The Morgan fingerprint density at radius 2 is 2.73 bits per heavy atom. The molecule has 0 aromatic carbocycles. The van der Waals surface area contributed by atoms with E-state index in [-0.39, 0.29) is 11.3 Å². The first-order chi connectivity index (χ1) is 5.36. The minimum atomic E-state index is 0.0129. The van der Waals surface area contributed by atoms with Crippen molar-refractivity contribution in [2.45, 2.75) is 6.17 Å². The minimum absolute atomic E-state index is 0.0129. The van der Waals surface area contributed by atoms with E-state index in [0.29, 0.717) is 6.54 Å². The Kier molecular flexibility index (Phi) is 1.67. The van der Waals surface area contributed by atoms with Gasteiger partial charge in [0.15, 0.2) is 0 Å². The van der Waals surface area contributed by atoms with Gasteiger partial charge in [-0.25, -0.2) is 0 Å². The van der Waals surface area contributed by atoms with Gasteiger partial charge < -0.3 is 0 Å².